The van der Waals surface area contributed by atoms with Gasteiger partial charge in [-0.25, -0.2) is 0 Å². The third-order valence-electron chi connectivity index (χ3n) is 6.05. The summed E-state index contributed by atoms with van der Waals surface area (Å²) in [5, 5.41) is 0. The fourth-order valence-corrected chi connectivity index (χ4v) is 4.03. The van der Waals surface area contributed by atoms with E-state index in [-0.39, 0.29) is 0 Å². The summed E-state index contributed by atoms with van der Waals surface area (Å²) < 4.78 is 7.21. The van der Waals surface area contributed by atoms with E-state index >= 15 is 0 Å². The summed E-state index contributed by atoms with van der Waals surface area (Å²) in [5.74, 6) is 1.04. The van der Waals surface area contributed by atoms with Crippen LogP contribution in [0.25, 0.3) is 5.70 Å². The van der Waals surface area contributed by atoms with Crippen molar-refractivity contribution in [2.75, 3.05) is 33.2 Å². The van der Waals surface area contributed by atoms with Crippen molar-refractivity contribution < 1.29 is 9.22 Å². The monoisotopic (exact) mass is 392 g/mol. The normalized spacial score (nSPS) is 23.3. The molecule has 6 nitrogen and oxygen atoms in total. The number of rotatable bonds is 6. The predicted octanol–water partition coefficient (Wildman–Crippen LogP) is 1.80. The quantitative estimate of drug-likeness (QED) is 0.396. The SMILES string of the molecule is C[N+]12CCN(C(/C=C(\N)c3ccccc3OCc3ccccc3)=C(N)N)CC1C2. The van der Waals surface area contributed by atoms with Gasteiger partial charge in [0.2, 0.25) is 0 Å². The number of likely N-dealkylation sites (N-methyl/N-ethyl adjacent to an activating group) is 1. The Morgan fingerprint density at radius 1 is 1.10 bits per heavy atom. The summed E-state index contributed by atoms with van der Waals surface area (Å²) in [6.07, 6.45) is 1.89. The Morgan fingerprint density at radius 2 is 1.83 bits per heavy atom. The minimum Gasteiger partial charge on any atom is -0.488 e. The number of quaternary nitrogens is 1. The van der Waals surface area contributed by atoms with Crippen LogP contribution < -0.4 is 21.9 Å². The second kappa shape index (κ2) is 7.72. The molecule has 0 aromatic heterocycles. The molecular weight excluding hydrogens is 362 g/mol. The van der Waals surface area contributed by atoms with Crippen LogP contribution in [0.2, 0.25) is 0 Å². The summed E-state index contributed by atoms with van der Waals surface area (Å²) in [4.78, 5) is 2.26. The van der Waals surface area contributed by atoms with Crippen LogP contribution in [0.4, 0.5) is 0 Å². The molecule has 29 heavy (non-hydrogen) atoms. The maximum Gasteiger partial charge on any atom is 0.156 e. The highest BCUT2D eigenvalue weighted by Gasteiger charge is 2.54. The summed E-state index contributed by atoms with van der Waals surface area (Å²) in [7, 11) is 2.31. The molecule has 2 aliphatic rings. The fraction of sp³-hybridized carbons (Fsp3) is 0.304. The van der Waals surface area contributed by atoms with E-state index < -0.39 is 0 Å². The summed E-state index contributed by atoms with van der Waals surface area (Å²) in [5.41, 5.74) is 21.9. The van der Waals surface area contributed by atoms with Gasteiger partial charge in [-0.2, -0.15) is 0 Å². The lowest BCUT2D eigenvalue weighted by atomic mass is 10.1. The van der Waals surface area contributed by atoms with E-state index in [9.17, 15) is 0 Å². The molecule has 2 heterocycles. The number of ether oxygens (including phenoxy) is 1. The lowest BCUT2D eigenvalue weighted by Crippen LogP contribution is -2.45. The molecule has 2 aliphatic heterocycles. The first-order chi connectivity index (χ1) is 14.0. The van der Waals surface area contributed by atoms with Gasteiger partial charge < -0.3 is 31.3 Å². The lowest BCUT2D eigenvalue weighted by molar-refractivity contribution is -0.796. The van der Waals surface area contributed by atoms with Crippen molar-refractivity contribution >= 4 is 5.70 Å². The number of allylic oxidation sites excluding steroid dienone is 1. The van der Waals surface area contributed by atoms with Crippen molar-refractivity contribution in [2.45, 2.75) is 12.6 Å². The standard InChI is InChI=1S/C23H30N5O/c1-28-12-11-27(14-18(28)15-28)21(23(25)26)13-20(24)19-9-5-6-10-22(19)29-16-17-7-3-2-4-8-17/h2-10,13,18H,11-12,14-16,24-26H2,1H3/q+1/b20-13-. The smallest absolute Gasteiger partial charge is 0.156 e. The van der Waals surface area contributed by atoms with Gasteiger partial charge in [0.15, 0.2) is 6.04 Å². The number of nitrogens with two attached hydrogens (primary N) is 3. The molecule has 2 aromatic rings. The predicted molar refractivity (Wildman–Crippen MR) is 116 cm³/mol. The highest BCUT2D eigenvalue weighted by Crippen LogP contribution is 2.34. The first-order valence-corrected chi connectivity index (χ1v) is 10.0. The zero-order valence-electron chi connectivity index (χ0n) is 16.9. The average Bonchev–Trinajstić information content (AvgIpc) is 3.41. The van der Waals surface area contributed by atoms with E-state index in [4.69, 9.17) is 21.9 Å². The molecule has 0 radical (unpaired) electrons. The average molecular weight is 393 g/mol. The molecule has 2 aromatic carbocycles. The number of nitrogens with zero attached hydrogens (tertiary/aromatic N) is 2. The number of benzene rings is 2. The van der Waals surface area contributed by atoms with Gasteiger partial charge in [-0.05, 0) is 23.8 Å². The molecule has 2 atom stereocenters. The van der Waals surface area contributed by atoms with Gasteiger partial charge in [-0.1, -0.05) is 42.5 Å². The van der Waals surface area contributed by atoms with Crippen LogP contribution in [-0.4, -0.2) is 48.7 Å². The van der Waals surface area contributed by atoms with Gasteiger partial charge in [-0.15, -0.1) is 0 Å². The molecule has 2 fully saturated rings. The minimum absolute atomic E-state index is 0.299. The van der Waals surface area contributed by atoms with E-state index in [1.165, 1.54) is 6.54 Å². The van der Waals surface area contributed by atoms with Crippen LogP contribution in [-0.2, 0) is 6.61 Å². The van der Waals surface area contributed by atoms with Crippen molar-refractivity contribution in [1.29, 1.82) is 0 Å². The van der Waals surface area contributed by atoms with Crippen molar-refractivity contribution in [3.63, 3.8) is 0 Å². The molecule has 2 unspecified atom stereocenters. The number of piperazine rings is 1. The van der Waals surface area contributed by atoms with Crippen molar-refractivity contribution in [3.8, 4) is 5.75 Å². The third kappa shape index (κ3) is 4.17. The van der Waals surface area contributed by atoms with Gasteiger partial charge in [0.1, 0.15) is 24.7 Å². The maximum atomic E-state index is 6.49. The fourth-order valence-electron chi connectivity index (χ4n) is 4.03. The van der Waals surface area contributed by atoms with Crippen LogP contribution in [0.5, 0.6) is 5.75 Å². The Labute approximate surface area is 172 Å². The van der Waals surface area contributed by atoms with Crippen molar-refractivity contribution in [1.82, 2.24) is 4.90 Å². The van der Waals surface area contributed by atoms with Crippen LogP contribution in [0.3, 0.4) is 0 Å². The molecule has 0 bridgehead atoms. The van der Waals surface area contributed by atoms with E-state index in [1.54, 1.807) is 0 Å². The van der Waals surface area contributed by atoms with Gasteiger partial charge in [-0.3, -0.25) is 0 Å². The lowest BCUT2D eigenvalue weighted by Gasteiger charge is -2.32. The second-order valence-electron chi connectivity index (χ2n) is 8.20. The van der Waals surface area contributed by atoms with Crippen molar-refractivity contribution in [3.05, 3.63) is 83.3 Å². The highest BCUT2D eigenvalue weighted by molar-refractivity contribution is 5.70. The van der Waals surface area contributed by atoms with Crippen molar-refractivity contribution in [2.24, 2.45) is 17.2 Å². The number of fused-ring (bicyclic) bond motifs is 1. The van der Waals surface area contributed by atoms with E-state index in [1.807, 2.05) is 60.7 Å². The van der Waals surface area contributed by atoms with Crippen LogP contribution in [0, 0.1) is 0 Å². The number of hydrogen-bond donors (Lipinski definition) is 3. The zero-order chi connectivity index (χ0) is 20.4. The Morgan fingerprint density at radius 3 is 2.55 bits per heavy atom. The third-order valence-corrected chi connectivity index (χ3v) is 6.05. The molecule has 0 spiro atoms. The summed E-state index contributed by atoms with van der Waals surface area (Å²) >= 11 is 0. The summed E-state index contributed by atoms with van der Waals surface area (Å²) in [6, 6.07) is 18.5. The zero-order valence-corrected chi connectivity index (χ0v) is 16.9. The van der Waals surface area contributed by atoms with Gasteiger partial charge >= 0.3 is 0 Å². The van der Waals surface area contributed by atoms with E-state index in [0.29, 0.717) is 24.2 Å². The van der Waals surface area contributed by atoms with E-state index in [0.717, 1.165) is 46.7 Å². The minimum atomic E-state index is 0.299. The molecule has 6 heteroatoms. The van der Waals surface area contributed by atoms with Gasteiger partial charge in [0, 0.05) is 11.3 Å². The molecular formula is C23H30N5O+. The number of hydrogen-bond acceptors (Lipinski definition) is 5. The Hall–Kier alpha value is -3.12. The first-order valence-electron chi connectivity index (χ1n) is 10.0. The van der Waals surface area contributed by atoms with Gasteiger partial charge in [0.25, 0.3) is 0 Å². The Kier molecular flexibility index (Phi) is 5.11. The number of para-hydroxylation sites is 1. The molecule has 6 N–H and O–H groups in total. The van der Waals surface area contributed by atoms with Crippen LogP contribution in [0.15, 0.2) is 72.2 Å². The van der Waals surface area contributed by atoms with E-state index in [2.05, 4.69) is 11.9 Å². The Bertz CT molecular complexity index is 935. The molecule has 152 valence electrons. The molecule has 0 saturated carbocycles. The van der Waals surface area contributed by atoms with Crippen LogP contribution >= 0.6 is 0 Å². The molecule has 4 rings (SSSR count). The molecule has 2 saturated heterocycles. The summed E-state index contributed by atoms with van der Waals surface area (Å²) in [6.45, 7) is 4.70. The van der Waals surface area contributed by atoms with Crippen LogP contribution in [0.1, 0.15) is 11.1 Å². The topological polar surface area (TPSA) is 90.5 Å². The molecule has 0 amide bonds. The maximum absolute atomic E-state index is 6.49. The second-order valence-corrected chi connectivity index (χ2v) is 8.20. The molecule has 0 aliphatic carbocycles. The first kappa shape index (κ1) is 19.2. The highest BCUT2D eigenvalue weighted by atomic mass is 16.5. The largest absolute Gasteiger partial charge is 0.488 e. The Balaban J connectivity index is 1.54. The van der Waals surface area contributed by atoms with Gasteiger partial charge in [0.05, 0.1) is 32.4 Å².